The molecule has 2 N–H and O–H groups in total. The second-order valence-electron chi connectivity index (χ2n) is 4.63. The quantitative estimate of drug-likeness (QED) is 0.757. The molecule has 1 aromatic heterocycles. The maximum Gasteiger partial charge on any atom is 0.117 e. The lowest BCUT2D eigenvalue weighted by Gasteiger charge is -2.42. The smallest absolute Gasteiger partial charge is 0.117 e. The van der Waals surface area contributed by atoms with Gasteiger partial charge in [-0.3, -0.25) is 4.90 Å². The van der Waals surface area contributed by atoms with E-state index in [0.29, 0.717) is 6.54 Å². The molecule has 0 spiro atoms. The van der Waals surface area contributed by atoms with Gasteiger partial charge in [-0.15, -0.1) is 0 Å². The molecular formula is C14H26N2O. The molecule has 0 aliphatic heterocycles. The number of rotatable bonds is 8. The molecule has 0 radical (unpaired) electrons. The SMILES string of the molecule is CCCC(CC)(CN)N(CC)Cc1ccco1. The van der Waals surface area contributed by atoms with Crippen molar-refractivity contribution in [3.63, 3.8) is 0 Å². The second-order valence-corrected chi connectivity index (χ2v) is 4.63. The summed E-state index contributed by atoms with van der Waals surface area (Å²) in [6.45, 7) is 9.22. The Hall–Kier alpha value is -0.800. The Balaban J connectivity index is 2.80. The largest absolute Gasteiger partial charge is 0.468 e. The van der Waals surface area contributed by atoms with Crippen LogP contribution in [0.25, 0.3) is 0 Å². The number of nitrogens with zero attached hydrogens (tertiary/aromatic N) is 1. The van der Waals surface area contributed by atoms with E-state index in [-0.39, 0.29) is 5.54 Å². The van der Waals surface area contributed by atoms with Crippen molar-refractivity contribution in [2.75, 3.05) is 13.1 Å². The molecule has 17 heavy (non-hydrogen) atoms. The first-order valence-corrected chi connectivity index (χ1v) is 6.70. The van der Waals surface area contributed by atoms with Crippen molar-refractivity contribution < 1.29 is 4.42 Å². The molecule has 98 valence electrons. The molecule has 1 heterocycles. The van der Waals surface area contributed by atoms with Crippen LogP contribution in [0.2, 0.25) is 0 Å². The lowest BCUT2D eigenvalue weighted by atomic mass is 9.88. The van der Waals surface area contributed by atoms with Crippen molar-refractivity contribution in [1.82, 2.24) is 4.90 Å². The van der Waals surface area contributed by atoms with Crippen molar-refractivity contribution in [3.05, 3.63) is 24.2 Å². The summed E-state index contributed by atoms with van der Waals surface area (Å²) in [4.78, 5) is 2.45. The zero-order chi connectivity index (χ0) is 12.7. The van der Waals surface area contributed by atoms with E-state index in [1.807, 2.05) is 12.1 Å². The van der Waals surface area contributed by atoms with Crippen LogP contribution in [0.15, 0.2) is 22.8 Å². The van der Waals surface area contributed by atoms with E-state index < -0.39 is 0 Å². The van der Waals surface area contributed by atoms with Crippen molar-refractivity contribution in [2.24, 2.45) is 5.73 Å². The highest BCUT2D eigenvalue weighted by atomic mass is 16.3. The summed E-state index contributed by atoms with van der Waals surface area (Å²) in [7, 11) is 0. The van der Waals surface area contributed by atoms with Gasteiger partial charge in [-0.1, -0.05) is 27.2 Å². The Bertz CT molecular complexity index is 291. The Morgan fingerprint density at radius 1 is 1.35 bits per heavy atom. The second kappa shape index (κ2) is 6.82. The molecule has 1 unspecified atom stereocenters. The van der Waals surface area contributed by atoms with Crippen LogP contribution in [0, 0.1) is 0 Å². The maximum atomic E-state index is 6.04. The number of likely N-dealkylation sites (N-methyl/N-ethyl adjacent to an activating group) is 1. The van der Waals surface area contributed by atoms with E-state index in [0.717, 1.165) is 31.7 Å². The van der Waals surface area contributed by atoms with E-state index in [1.165, 1.54) is 6.42 Å². The minimum atomic E-state index is 0.121. The molecule has 3 heteroatoms. The van der Waals surface area contributed by atoms with Crippen LogP contribution in [0.4, 0.5) is 0 Å². The van der Waals surface area contributed by atoms with Gasteiger partial charge in [0.1, 0.15) is 5.76 Å². The van der Waals surface area contributed by atoms with Gasteiger partial charge in [-0.2, -0.15) is 0 Å². The summed E-state index contributed by atoms with van der Waals surface area (Å²) in [5.41, 5.74) is 6.16. The minimum Gasteiger partial charge on any atom is -0.468 e. The van der Waals surface area contributed by atoms with Crippen LogP contribution in [-0.2, 0) is 6.54 Å². The topological polar surface area (TPSA) is 42.4 Å². The normalized spacial score (nSPS) is 15.1. The van der Waals surface area contributed by atoms with Crippen LogP contribution in [0.5, 0.6) is 0 Å². The molecule has 0 fully saturated rings. The van der Waals surface area contributed by atoms with Gasteiger partial charge in [0.15, 0.2) is 0 Å². The fourth-order valence-corrected chi connectivity index (χ4v) is 2.60. The van der Waals surface area contributed by atoms with Crippen molar-refractivity contribution >= 4 is 0 Å². The van der Waals surface area contributed by atoms with Gasteiger partial charge < -0.3 is 10.2 Å². The first-order valence-electron chi connectivity index (χ1n) is 6.70. The standard InChI is InChI=1S/C14H26N2O/c1-4-9-14(5-2,12-15)16(6-3)11-13-8-7-10-17-13/h7-8,10H,4-6,9,11-12,15H2,1-3H3. The zero-order valence-electron chi connectivity index (χ0n) is 11.4. The molecule has 3 nitrogen and oxygen atoms in total. The van der Waals surface area contributed by atoms with E-state index in [9.17, 15) is 0 Å². The van der Waals surface area contributed by atoms with Crippen molar-refractivity contribution in [2.45, 2.75) is 52.1 Å². The van der Waals surface area contributed by atoms with E-state index in [1.54, 1.807) is 6.26 Å². The zero-order valence-corrected chi connectivity index (χ0v) is 11.4. The molecule has 0 bridgehead atoms. The maximum absolute atomic E-state index is 6.04. The predicted octanol–water partition coefficient (Wildman–Crippen LogP) is 3.01. The summed E-state index contributed by atoms with van der Waals surface area (Å²) in [5.74, 6) is 1.02. The molecule has 1 atom stereocenters. The fourth-order valence-electron chi connectivity index (χ4n) is 2.60. The average molecular weight is 238 g/mol. The first-order chi connectivity index (χ1) is 8.22. The van der Waals surface area contributed by atoms with Gasteiger partial charge in [0, 0.05) is 12.1 Å². The Morgan fingerprint density at radius 2 is 2.12 bits per heavy atom. The number of nitrogens with two attached hydrogens (primary N) is 1. The van der Waals surface area contributed by atoms with Crippen LogP contribution in [0.3, 0.4) is 0 Å². The monoisotopic (exact) mass is 238 g/mol. The third-order valence-corrected chi connectivity index (χ3v) is 3.73. The third-order valence-electron chi connectivity index (χ3n) is 3.73. The number of hydrogen-bond donors (Lipinski definition) is 1. The summed E-state index contributed by atoms with van der Waals surface area (Å²) in [5, 5.41) is 0. The van der Waals surface area contributed by atoms with Crippen LogP contribution in [-0.4, -0.2) is 23.5 Å². The highest BCUT2D eigenvalue weighted by molar-refractivity contribution is 5.00. The van der Waals surface area contributed by atoms with E-state index >= 15 is 0 Å². The first kappa shape index (κ1) is 14.3. The van der Waals surface area contributed by atoms with Crippen molar-refractivity contribution in [3.8, 4) is 0 Å². The van der Waals surface area contributed by atoms with Gasteiger partial charge in [0.2, 0.25) is 0 Å². The van der Waals surface area contributed by atoms with E-state index in [2.05, 4.69) is 25.7 Å². The number of furan rings is 1. The lowest BCUT2D eigenvalue weighted by molar-refractivity contribution is 0.0703. The van der Waals surface area contributed by atoms with Gasteiger partial charge in [0.25, 0.3) is 0 Å². The third kappa shape index (κ3) is 3.33. The van der Waals surface area contributed by atoms with Gasteiger partial charge >= 0.3 is 0 Å². The summed E-state index contributed by atoms with van der Waals surface area (Å²) < 4.78 is 5.45. The number of hydrogen-bond acceptors (Lipinski definition) is 3. The predicted molar refractivity (Wildman–Crippen MR) is 71.8 cm³/mol. The minimum absolute atomic E-state index is 0.121. The lowest BCUT2D eigenvalue weighted by Crippen LogP contribution is -2.53. The summed E-state index contributed by atoms with van der Waals surface area (Å²) in [6, 6.07) is 3.98. The molecule has 0 amide bonds. The molecule has 0 saturated heterocycles. The molecule has 1 aromatic rings. The Labute approximate surface area is 105 Å². The van der Waals surface area contributed by atoms with Crippen LogP contribution >= 0.6 is 0 Å². The summed E-state index contributed by atoms with van der Waals surface area (Å²) in [6.07, 6.45) is 5.14. The van der Waals surface area contributed by atoms with Gasteiger partial charge in [0.05, 0.1) is 12.8 Å². The van der Waals surface area contributed by atoms with Gasteiger partial charge in [-0.25, -0.2) is 0 Å². The Kier molecular flexibility index (Phi) is 5.72. The van der Waals surface area contributed by atoms with E-state index in [4.69, 9.17) is 10.2 Å². The average Bonchev–Trinajstić information content (AvgIpc) is 2.86. The van der Waals surface area contributed by atoms with Gasteiger partial charge in [-0.05, 0) is 31.5 Å². The molecule has 0 aliphatic carbocycles. The molecule has 0 aliphatic rings. The Morgan fingerprint density at radius 3 is 2.53 bits per heavy atom. The van der Waals surface area contributed by atoms with Crippen LogP contribution < -0.4 is 5.73 Å². The molecule has 0 aromatic carbocycles. The van der Waals surface area contributed by atoms with Crippen molar-refractivity contribution in [1.29, 1.82) is 0 Å². The van der Waals surface area contributed by atoms with Crippen LogP contribution in [0.1, 0.15) is 45.8 Å². The highest BCUT2D eigenvalue weighted by Crippen LogP contribution is 2.26. The molecule has 0 saturated carbocycles. The molecule has 1 rings (SSSR count). The summed E-state index contributed by atoms with van der Waals surface area (Å²) >= 11 is 0. The highest BCUT2D eigenvalue weighted by Gasteiger charge is 2.32. The fraction of sp³-hybridized carbons (Fsp3) is 0.714. The molecular weight excluding hydrogens is 212 g/mol.